The number of esters is 1. The molecule has 0 aliphatic rings. The zero-order valence-electron chi connectivity index (χ0n) is 16.6. The Morgan fingerprint density at radius 3 is 2.71 bits per heavy atom. The highest BCUT2D eigenvalue weighted by Gasteiger charge is 2.21. The number of nitrogens with zero attached hydrogens (tertiary/aromatic N) is 4. The van der Waals surface area contributed by atoms with E-state index in [1.807, 2.05) is 6.92 Å². The van der Waals surface area contributed by atoms with Gasteiger partial charge >= 0.3 is 5.97 Å². The van der Waals surface area contributed by atoms with E-state index in [1.54, 1.807) is 31.2 Å². The summed E-state index contributed by atoms with van der Waals surface area (Å²) >= 11 is 4.58. The highest BCUT2D eigenvalue weighted by Crippen LogP contribution is 2.19. The lowest BCUT2D eigenvalue weighted by Gasteiger charge is -2.12. The number of benzene rings is 1. The lowest BCUT2D eigenvalue weighted by molar-refractivity contribution is -0.118. The largest absolute Gasteiger partial charge is 0.481 e. The summed E-state index contributed by atoms with van der Waals surface area (Å²) in [5.74, 6) is -1.46. The van der Waals surface area contributed by atoms with Crippen molar-refractivity contribution in [2.24, 2.45) is 0 Å². The fraction of sp³-hybridized carbons (Fsp3) is 0.263. The van der Waals surface area contributed by atoms with Crippen LogP contribution < -0.4 is 15.6 Å². The van der Waals surface area contributed by atoms with Gasteiger partial charge in [-0.05, 0) is 31.5 Å². The third-order valence-corrected chi connectivity index (χ3v) is 5.27. The van der Waals surface area contributed by atoms with E-state index < -0.39 is 24.0 Å². The lowest BCUT2D eigenvalue weighted by atomic mass is 10.3. The van der Waals surface area contributed by atoms with Gasteiger partial charge in [0.15, 0.2) is 12.4 Å². The van der Waals surface area contributed by atoms with Crippen LogP contribution in [0.25, 0.3) is 5.69 Å². The van der Waals surface area contributed by atoms with Crippen molar-refractivity contribution in [1.82, 2.24) is 20.0 Å². The number of amides is 1. The van der Waals surface area contributed by atoms with E-state index in [9.17, 15) is 14.4 Å². The van der Waals surface area contributed by atoms with E-state index in [-0.39, 0.29) is 18.1 Å². The number of carbonyl (C=O) groups is 2. The third kappa shape index (κ3) is 5.73. The van der Waals surface area contributed by atoms with Crippen LogP contribution in [0.1, 0.15) is 29.3 Å². The second-order valence-electron chi connectivity index (χ2n) is 6.00. The predicted molar refractivity (Wildman–Crippen MR) is 117 cm³/mol. The highest BCUT2D eigenvalue weighted by molar-refractivity contribution is 9.10. The van der Waals surface area contributed by atoms with E-state index in [0.29, 0.717) is 17.2 Å². The van der Waals surface area contributed by atoms with Gasteiger partial charge in [0.05, 0.1) is 18.4 Å². The SMILES string of the molecule is CCOC(=O)c1nn(-c2cccc(Br)c2)c(=O)cc1OCC(=O)Nc1nnc(CC)s1. The maximum absolute atomic E-state index is 12.6. The Balaban J connectivity index is 1.84. The van der Waals surface area contributed by atoms with E-state index in [1.165, 1.54) is 11.3 Å². The summed E-state index contributed by atoms with van der Waals surface area (Å²) in [6, 6.07) is 7.94. The summed E-state index contributed by atoms with van der Waals surface area (Å²) in [5.41, 5.74) is -0.325. The topological polar surface area (TPSA) is 125 Å². The van der Waals surface area contributed by atoms with Crippen molar-refractivity contribution < 1.29 is 19.1 Å². The van der Waals surface area contributed by atoms with Crippen molar-refractivity contribution in [2.75, 3.05) is 18.5 Å². The second-order valence-corrected chi connectivity index (χ2v) is 7.98. The molecule has 2 aromatic heterocycles. The van der Waals surface area contributed by atoms with Crippen LogP contribution >= 0.6 is 27.3 Å². The van der Waals surface area contributed by atoms with Gasteiger partial charge in [-0.15, -0.1) is 10.2 Å². The van der Waals surface area contributed by atoms with Gasteiger partial charge in [-0.1, -0.05) is 40.3 Å². The third-order valence-electron chi connectivity index (χ3n) is 3.79. The molecule has 0 radical (unpaired) electrons. The van der Waals surface area contributed by atoms with Crippen LogP contribution in [0.2, 0.25) is 0 Å². The number of carbonyl (C=O) groups excluding carboxylic acids is 2. The summed E-state index contributed by atoms with van der Waals surface area (Å²) in [4.78, 5) is 37.2. The molecule has 3 rings (SSSR count). The first-order valence-electron chi connectivity index (χ1n) is 9.23. The fourth-order valence-corrected chi connectivity index (χ4v) is 3.51. The number of nitrogens with one attached hydrogen (secondary N) is 1. The molecule has 162 valence electrons. The van der Waals surface area contributed by atoms with Crippen molar-refractivity contribution >= 4 is 44.3 Å². The Labute approximate surface area is 189 Å². The van der Waals surface area contributed by atoms with Crippen LogP contribution in [0.5, 0.6) is 5.75 Å². The standard InChI is InChI=1S/C19H18BrN5O5S/c1-3-15-22-23-19(31-15)21-14(26)10-30-13-9-16(27)25(12-7-5-6-11(20)8-12)24-17(13)18(28)29-4-2/h5-9H,3-4,10H2,1-2H3,(H,21,23,26). The molecule has 0 bridgehead atoms. The number of ether oxygens (including phenoxy) is 2. The number of rotatable bonds is 8. The highest BCUT2D eigenvalue weighted by atomic mass is 79.9. The number of hydrogen-bond acceptors (Lipinski definition) is 9. The normalized spacial score (nSPS) is 10.5. The van der Waals surface area contributed by atoms with Gasteiger partial charge in [0.1, 0.15) is 5.01 Å². The first-order valence-corrected chi connectivity index (χ1v) is 10.8. The van der Waals surface area contributed by atoms with Crippen LogP contribution in [-0.4, -0.2) is 45.1 Å². The smallest absolute Gasteiger partial charge is 0.362 e. The number of aromatic nitrogens is 4. The molecule has 0 unspecified atom stereocenters. The maximum atomic E-state index is 12.6. The molecule has 0 spiro atoms. The van der Waals surface area contributed by atoms with E-state index in [4.69, 9.17) is 9.47 Å². The van der Waals surface area contributed by atoms with Crippen molar-refractivity contribution in [3.05, 3.63) is 55.9 Å². The van der Waals surface area contributed by atoms with Gasteiger partial charge in [-0.3, -0.25) is 14.9 Å². The predicted octanol–water partition coefficient (Wildman–Crippen LogP) is 2.60. The van der Waals surface area contributed by atoms with Crippen LogP contribution in [0.3, 0.4) is 0 Å². The molecule has 3 aromatic rings. The molecule has 0 aliphatic heterocycles. The Morgan fingerprint density at radius 1 is 1.23 bits per heavy atom. The molecular formula is C19H18BrN5O5S. The van der Waals surface area contributed by atoms with E-state index >= 15 is 0 Å². The summed E-state index contributed by atoms with van der Waals surface area (Å²) in [6.07, 6.45) is 0.701. The summed E-state index contributed by atoms with van der Waals surface area (Å²) < 4.78 is 12.2. The van der Waals surface area contributed by atoms with Gasteiger partial charge in [0.25, 0.3) is 11.5 Å². The molecule has 1 amide bonds. The molecule has 1 aromatic carbocycles. The zero-order chi connectivity index (χ0) is 22.4. The molecule has 10 nitrogen and oxygen atoms in total. The van der Waals surface area contributed by atoms with Crippen molar-refractivity contribution in [3.63, 3.8) is 0 Å². The van der Waals surface area contributed by atoms with Gasteiger partial charge in [-0.25, -0.2) is 4.79 Å². The molecule has 0 saturated heterocycles. The zero-order valence-corrected chi connectivity index (χ0v) is 19.0. The first-order chi connectivity index (χ1) is 14.9. The van der Waals surface area contributed by atoms with Crippen LogP contribution in [0.4, 0.5) is 5.13 Å². The van der Waals surface area contributed by atoms with E-state index in [2.05, 4.69) is 36.5 Å². The minimum absolute atomic E-state index is 0.104. The maximum Gasteiger partial charge on any atom is 0.362 e. The van der Waals surface area contributed by atoms with Gasteiger partial charge in [0, 0.05) is 4.47 Å². The molecule has 0 saturated carbocycles. The van der Waals surface area contributed by atoms with Gasteiger partial charge in [0.2, 0.25) is 10.8 Å². The average molecular weight is 508 g/mol. The number of anilines is 1. The summed E-state index contributed by atoms with van der Waals surface area (Å²) in [6.45, 7) is 3.21. The Morgan fingerprint density at radius 2 is 2.03 bits per heavy atom. The molecular weight excluding hydrogens is 490 g/mol. The number of halogens is 1. The minimum atomic E-state index is -0.779. The first kappa shape index (κ1) is 22.6. The minimum Gasteiger partial charge on any atom is -0.481 e. The summed E-state index contributed by atoms with van der Waals surface area (Å²) in [5, 5.41) is 15.5. The Bertz CT molecular complexity index is 1160. The lowest BCUT2D eigenvalue weighted by Crippen LogP contribution is -2.27. The van der Waals surface area contributed by atoms with Crippen LogP contribution in [-0.2, 0) is 16.0 Å². The van der Waals surface area contributed by atoms with Gasteiger partial charge in [-0.2, -0.15) is 9.78 Å². The Kier molecular flexibility index (Phi) is 7.47. The molecule has 0 fully saturated rings. The Hall–Kier alpha value is -3.12. The van der Waals surface area contributed by atoms with E-state index in [0.717, 1.165) is 20.2 Å². The number of hydrogen-bond donors (Lipinski definition) is 1. The van der Waals surface area contributed by atoms with Crippen LogP contribution in [0, 0.1) is 0 Å². The molecule has 0 atom stereocenters. The molecule has 31 heavy (non-hydrogen) atoms. The van der Waals surface area contributed by atoms with Crippen molar-refractivity contribution in [2.45, 2.75) is 20.3 Å². The quantitative estimate of drug-likeness (QED) is 0.461. The molecule has 1 N–H and O–H groups in total. The molecule has 12 heteroatoms. The fourth-order valence-electron chi connectivity index (χ4n) is 2.43. The average Bonchev–Trinajstić information content (AvgIpc) is 3.20. The van der Waals surface area contributed by atoms with Crippen molar-refractivity contribution in [3.8, 4) is 11.4 Å². The van der Waals surface area contributed by atoms with Gasteiger partial charge < -0.3 is 9.47 Å². The monoisotopic (exact) mass is 507 g/mol. The second kappa shape index (κ2) is 10.3. The van der Waals surface area contributed by atoms with Crippen LogP contribution in [0.15, 0.2) is 39.6 Å². The molecule has 2 heterocycles. The van der Waals surface area contributed by atoms with Crippen molar-refractivity contribution in [1.29, 1.82) is 0 Å². The molecule has 0 aliphatic carbocycles. The number of aryl methyl sites for hydroxylation is 1. The summed E-state index contributed by atoms with van der Waals surface area (Å²) in [7, 11) is 0.